The smallest absolute Gasteiger partial charge is 0.325 e. The number of imide groups is 1. The molecule has 2 aliphatic rings. The summed E-state index contributed by atoms with van der Waals surface area (Å²) in [7, 11) is 0. The van der Waals surface area contributed by atoms with Crippen molar-refractivity contribution in [1.82, 2.24) is 15.1 Å². The second-order valence-corrected chi connectivity index (χ2v) is 9.14. The van der Waals surface area contributed by atoms with E-state index in [0.29, 0.717) is 32.5 Å². The second-order valence-electron chi connectivity index (χ2n) is 9.14. The van der Waals surface area contributed by atoms with Crippen molar-refractivity contribution in [2.75, 3.05) is 13.1 Å². The van der Waals surface area contributed by atoms with Crippen LogP contribution >= 0.6 is 0 Å². The lowest BCUT2D eigenvalue weighted by atomic mass is 9.90. The van der Waals surface area contributed by atoms with E-state index >= 15 is 0 Å². The largest absolute Gasteiger partial charge is 0.489 e. The van der Waals surface area contributed by atoms with Gasteiger partial charge in [0, 0.05) is 13.1 Å². The molecule has 0 radical (unpaired) electrons. The lowest BCUT2D eigenvalue weighted by Gasteiger charge is -2.26. The normalized spacial score (nSPS) is 17.4. The molecule has 1 saturated carbocycles. The number of hydrogen-bond acceptors (Lipinski definition) is 4. The highest BCUT2D eigenvalue weighted by molar-refractivity contribution is 6.09. The van der Waals surface area contributed by atoms with Gasteiger partial charge in [0.1, 0.15) is 24.4 Å². The summed E-state index contributed by atoms with van der Waals surface area (Å²) in [5.74, 6) is 0.278. The quantitative estimate of drug-likeness (QED) is 0.594. The molecule has 2 aromatic rings. The first kappa shape index (κ1) is 23.8. The number of urea groups is 1. The molecule has 4 amide bonds. The zero-order valence-electron chi connectivity index (χ0n) is 19.8. The second kappa shape index (κ2) is 10.7. The van der Waals surface area contributed by atoms with Crippen molar-refractivity contribution in [2.45, 2.75) is 64.1 Å². The highest BCUT2D eigenvalue weighted by Gasteiger charge is 2.51. The Morgan fingerprint density at radius 1 is 0.971 bits per heavy atom. The predicted molar refractivity (Wildman–Crippen MR) is 129 cm³/mol. The van der Waals surface area contributed by atoms with E-state index in [1.807, 2.05) is 61.5 Å². The van der Waals surface area contributed by atoms with Crippen LogP contribution in [0.3, 0.4) is 0 Å². The number of carbonyl (C=O) groups is 3. The molecule has 0 unspecified atom stereocenters. The van der Waals surface area contributed by atoms with E-state index in [9.17, 15) is 14.4 Å². The highest BCUT2D eigenvalue weighted by atomic mass is 16.5. The van der Waals surface area contributed by atoms with Gasteiger partial charge in [-0.2, -0.15) is 0 Å². The summed E-state index contributed by atoms with van der Waals surface area (Å²) in [6.07, 6.45) is 5.28. The van der Waals surface area contributed by atoms with Crippen LogP contribution in [0.1, 0.15) is 56.6 Å². The molecule has 7 heteroatoms. The first-order valence-corrected chi connectivity index (χ1v) is 12.2. The lowest BCUT2D eigenvalue weighted by molar-refractivity contribution is -0.139. The van der Waals surface area contributed by atoms with Crippen LogP contribution < -0.4 is 10.1 Å². The Labute approximate surface area is 201 Å². The van der Waals surface area contributed by atoms with Gasteiger partial charge in [-0.05, 0) is 43.0 Å². The topological polar surface area (TPSA) is 79.0 Å². The summed E-state index contributed by atoms with van der Waals surface area (Å²) < 4.78 is 5.83. The van der Waals surface area contributed by atoms with Crippen LogP contribution in [0.2, 0.25) is 0 Å². The van der Waals surface area contributed by atoms with Crippen molar-refractivity contribution in [2.24, 2.45) is 0 Å². The van der Waals surface area contributed by atoms with Crippen molar-refractivity contribution >= 4 is 17.8 Å². The SMILES string of the molecule is CCN(Cc1ccc(OCc2ccccc2)cc1)C(=O)CN1C(=O)NC2(CCCCCC2)C1=O. The maximum atomic E-state index is 13.1. The Balaban J connectivity index is 1.33. The first-order chi connectivity index (χ1) is 16.5. The van der Waals surface area contributed by atoms with Gasteiger partial charge in [-0.1, -0.05) is 68.1 Å². The van der Waals surface area contributed by atoms with Crippen molar-refractivity contribution in [3.05, 3.63) is 65.7 Å². The molecule has 7 nitrogen and oxygen atoms in total. The molecule has 2 aromatic carbocycles. The molecule has 2 fully saturated rings. The van der Waals surface area contributed by atoms with E-state index < -0.39 is 11.6 Å². The first-order valence-electron chi connectivity index (χ1n) is 12.2. The van der Waals surface area contributed by atoms with Gasteiger partial charge >= 0.3 is 6.03 Å². The summed E-state index contributed by atoms with van der Waals surface area (Å²) in [5.41, 5.74) is 1.24. The van der Waals surface area contributed by atoms with E-state index in [0.717, 1.165) is 47.5 Å². The number of nitrogens with one attached hydrogen (secondary N) is 1. The van der Waals surface area contributed by atoms with Gasteiger partial charge in [-0.15, -0.1) is 0 Å². The summed E-state index contributed by atoms with van der Waals surface area (Å²) in [6, 6.07) is 17.2. The zero-order valence-corrected chi connectivity index (χ0v) is 19.8. The van der Waals surface area contributed by atoms with Gasteiger partial charge < -0.3 is 15.0 Å². The molecule has 1 N–H and O–H groups in total. The molecule has 1 heterocycles. The van der Waals surface area contributed by atoms with Crippen LogP contribution in [0.5, 0.6) is 5.75 Å². The number of amides is 4. The third kappa shape index (κ3) is 5.41. The summed E-state index contributed by atoms with van der Waals surface area (Å²) in [6.45, 7) is 3.06. The monoisotopic (exact) mass is 463 g/mol. The fourth-order valence-corrected chi connectivity index (χ4v) is 4.75. The van der Waals surface area contributed by atoms with Gasteiger partial charge in [0.15, 0.2) is 0 Å². The molecule has 1 aliphatic carbocycles. The van der Waals surface area contributed by atoms with Crippen molar-refractivity contribution in [3.63, 3.8) is 0 Å². The minimum atomic E-state index is -0.819. The number of benzene rings is 2. The van der Waals surface area contributed by atoms with Crippen LogP contribution in [0.25, 0.3) is 0 Å². The highest BCUT2D eigenvalue weighted by Crippen LogP contribution is 2.32. The number of rotatable bonds is 8. The Bertz CT molecular complexity index is 998. The maximum Gasteiger partial charge on any atom is 0.325 e. The molecule has 1 aliphatic heterocycles. The average molecular weight is 464 g/mol. The summed E-state index contributed by atoms with van der Waals surface area (Å²) >= 11 is 0. The Kier molecular flexibility index (Phi) is 7.50. The van der Waals surface area contributed by atoms with Crippen LogP contribution in [0, 0.1) is 0 Å². The standard InChI is InChI=1S/C27H33N3O4/c1-2-29(18-21-12-14-23(15-13-21)34-20-22-10-6-5-7-11-22)24(31)19-30-25(32)27(28-26(30)33)16-8-3-4-9-17-27/h5-7,10-15H,2-4,8-9,16-20H2,1H3,(H,28,33). The van der Waals surface area contributed by atoms with Gasteiger partial charge in [-0.3, -0.25) is 14.5 Å². The van der Waals surface area contributed by atoms with Gasteiger partial charge in [0.25, 0.3) is 5.91 Å². The third-order valence-corrected chi connectivity index (χ3v) is 6.78. The van der Waals surface area contributed by atoms with Crippen molar-refractivity contribution < 1.29 is 19.1 Å². The van der Waals surface area contributed by atoms with Crippen molar-refractivity contribution in [1.29, 1.82) is 0 Å². The molecule has 4 rings (SSSR count). The van der Waals surface area contributed by atoms with E-state index in [-0.39, 0.29) is 18.4 Å². The van der Waals surface area contributed by atoms with Crippen LogP contribution in [-0.2, 0) is 22.7 Å². The summed E-state index contributed by atoms with van der Waals surface area (Å²) in [5, 5.41) is 2.90. The zero-order chi connectivity index (χ0) is 24.0. The number of nitrogens with zero attached hydrogens (tertiary/aromatic N) is 2. The molecule has 0 aromatic heterocycles. The molecule has 1 saturated heterocycles. The van der Waals surface area contributed by atoms with Gasteiger partial charge in [0.05, 0.1) is 0 Å². The Hall–Kier alpha value is -3.35. The Morgan fingerprint density at radius 2 is 1.65 bits per heavy atom. The predicted octanol–water partition coefficient (Wildman–Crippen LogP) is 4.26. The molecular weight excluding hydrogens is 430 g/mol. The third-order valence-electron chi connectivity index (χ3n) is 6.78. The fraction of sp³-hybridized carbons (Fsp3) is 0.444. The van der Waals surface area contributed by atoms with Crippen LogP contribution in [0.15, 0.2) is 54.6 Å². The van der Waals surface area contributed by atoms with Gasteiger partial charge in [0.2, 0.25) is 5.91 Å². The van der Waals surface area contributed by atoms with E-state index in [4.69, 9.17) is 4.74 Å². The van der Waals surface area contributed by atoms with E-state index in [1.54, 1.807) is 4.90 Å². The summed E-state index contributed by atoms with van der Waals surface area (Å²) in [4.78, 5) is 41.5. The number of likely N-dealkylation sites (N-methyl/N-ethyl adjacent to an activating group) is 1. The molecule has 0 bridgehead atoms. The van der Waals surface area contributed by atoms with Crippen molar-refractivity contribution in [3.8, 4) is 5.75 Å². The molecular formula is C27H33N3O4. The van der Waals surface area contributed by atoms with Crippen LogP contribution in [-0.4, -0.2) is 46.3 Å². The fourth-order valence-electron chi connectivity index (χ4n) is 4.75. The molecule has 34 heavy (non-hydrogen) atoms. The van der Waals surface area contributed by atoms with E-state index in [2.05, 4.69) is 5.32 Å². The number of ether oxygens (including phenoxy) is 1. The number of carbonyl (C=O) groups excluding carboxylic acids is 3. The minimum Gasteiger partial charge on any atom is -0.489 e. The maximum absolute atomic E-state index is 13.1. The molecule has 0 atom stereocenters. The van der Waals surface area contributed by atoms with E-state index in [1.165, 1.54) is 0 Å². The minimum absolute atomic E-state index is 0.224. The van der Waals surface area contributed by atoms with Gasteiger partial charge in [-0.25, -0.2) is 4.79 Å². The molecule has 1 spiro atoms. The Morgan fingerprint density at radius 3 is 2.29 bits per heavy atom. The van der Waals surface area contributed by atoms with Crippen LogP contribution in [0.4, 0.5) is 4.79 Å². The lowest BCUT2D eigenvalue weighted by Crippen LogP contribution is -2.47. The number of hydrogen-bond donors (Lipinski definition) is 1. The molecule has 180 valence electrons. The average Bonchev–Trinajstić information content (AvgIpc) is 3.01.